The second-order valence-corrected chi connectivity index (χ2v) is 4.64. The highest BCUT2D eigenvalue weighted by atomic mass is 15.1. The van der Waals surface area contributed by atoms with Gasteiger partial charge in [-0.25, -0.2) is 0 Å². The predicted octanol–water partition coefficient (Wildman–Crippen LogP) is 2.68. The van der Waals surface area contributed by atoms with E-state index >= 15 is 0 Å². The highest BCUT2D eigenvalue weighted by Crippen LogP contribution is 2.17. The van der Waals surface area contributed by atoms with E-state index in [0.717, 1.165) is 12.2 Å². The van der Waals surface area contributed by atoms with Gasteiger partial charge in [0.2, 0.25) is 0 Å². The molecular formula is C13H21N3. The van der Waals surface area contributed by atoms with Gasteiger partial charge in [0.05, 0.1) is 5.69 Å². The topological polar surface area (TPSA) is 37.8 Å². The maximum Gasteiger partial charge on any atom is 0.0769 e. The zero-order chi connectivity index (χ0) is 11.1. The van der Waals surface area contributed by atoms with Gasteiger partial charge in [0.1, 0.15) is 0 Å². The molecule has 88 valence electrons. The van der Waals surface area contributed by atoms with Crippen LogP contribution in [0.3, 0.4) is 0 Å². The Kier molecular flexibility index (Phi) is 4.74. The fourth-order valence-electron chi connectivity index (χ4n) is 2.34. The summed E-state index contributed by atoms with van der Waals surface area (Å²) in [6.45, 7) is 0.860. The third-order valence-electron chi connectivity index (χ3n) is 3.30. The van der Waals surface area contributed by atoms with Gasteiger partial charge in [-0.3, -0.25) is 0 Å². The molecule has 3 nitrogen and oxygen atoms in total. The predicted molar refractivity (Wildman–Crippen MR) is 65.0 cm³/mol. The molecule has 1 saturated carbocycles. The molecule has 1 N–H and O–H groups in total. The summed E-state index contributed by atoms with van der Waals surface area (Å²) < 4.78 is 0. The molecule has 1 aromatic rings. The first-order valence-electron chi connectivity index (χ1n) is 6.45. The van der Waals surface area contributed by atoms with E-state index in [1.807, 2.05) is 12.1 Å². The minimum atomic E-state index is 0.683. The van der Waals surface area contributed by atoms with Gasteiger partial charge in [-0.15, -0.1) is 0 Å². The first-order chi connectivity index (χ1) is 7.95. The quantitative estimate of drug-likeness (QED) is 0.849. The van der Waals surface area contributed by atoms with Crippen LogP contribution in [0.25, 0.3) is 0 Å². The summed E-state index contributed by atoms with van der Waals surface area (Å²) >= 11 is 0. The van der Waals surface area contributed by atoms with Crippen LogP contribution in [-0.4, -0.2) is 16.2 Å². The van der Waals surface area contributed by atoms with Crippen molar-refractivity contribution in [2.75, 3.05) is 0 Å². The molecule has 1 aliphatic carbocycles. The number of nitrogens with one attached hydrogen (secondary N) is 1. The SMILES string of the molecule is c1cnnc(CNC2CCCCCCC2)c1. The number of hydrogen-bond donors (Lipinski definition) is 1. The van der Waals surface area contributed by atoms with Gasteiger partial charge in [0, 0.05) is 18.8 Å². The molecule has 16 heavy (non-hydrogen) atoms. The van der Waals surface area contributed by atoms with E-state index in [1.54, 1.807) is 6.20 Å². The number of nitrogens with zero attached hydrogens (tertiary/aromatic N) is 2. The van der Waals surface area contributed by atoms with Crippen LogP contribution in [0.5, 0.6) is 0 Å². The van der Waals surface area contributed by atoms with Crippen LogP contribution in [0, 0.1) is 0 Å². The first kappa shape index (κ1) is 11.5. The third kappa shape index (κ3) is 3.89. The standard InChI is InChI=1S/C13H21N3/c1-2-4-7-12(8-5-3-1)14-11-13-9-6-10-15-16-13/h6,9-10,12,14H,1-5,7-8,11H2. The van der Waals surface area contributed by atoms with Crippen molar-refractivity contribution in [3.8, 4) is 0 Å². The molecule has 0 amide bonds. The largest absolute Gasteiger partial charge is 0.308 e. The van der Waals surface area contributed by atoms with Crippen molar-refractivity contribution in [3.05, 3.63) is 24.0 Å². The smallest absolute Gasteiger partial charge is 0.0769 e. The first-order valence-corrected chi connectivity index (χ1v) is 6.45. The van der Waals surface area contributed by atoms with Gasteiger partial charge in [0.25, 0.3) is 0 Å². The van der Waals surface area contributed by atoms with Gasteiger partial charge in [-0.1, -0.05) is 32.1 Å². The number of hydrogen-bond acceptors (Lipinski definition) is 3. The van der Waals surface area contributed by atoms with Crippen LogP contribution in [0.2, 0.25) is 0 Å². The molecule has 0 spiro atoms. The molecule has 0 radical (unpaired) electrons. The van der Waals surface area contributed by atoms with Crippen LogP contribution in [0.4, 0.5) is 0 Å². The van der Waals surface area contributed by atoms with Gasteiger partial charge in [-0.2, -0.15) is 10.2 Å². The summed E-state index contributed by atoms with van der Waals surface area (Å²) in [6.07, 6.45) is 11.3. The number of aromatic nitrogens is 2. The molecule has 0 aromatic carbocycles. The van der Waals surface area contributed by atoms with Crippen molar-refractivity contribution in [3.63, 3.8) is 0 Å². The summed E-state index contributed by atoms with van der Waals surface area (Å²) in [6, 6.07) is 4.66. The van der Waals surface area contributed by atoms with Crippen LogP contribution in [-0.2, 0) is 6.54 Å². The second-order valence-electron chi connectivity index (χ2n) is 4.64. The lowest BCUT2D eigenvalue weighted by Gasteiger charge is -2.20. The molecule has 0 unspecified atom stereocenters. The molecule has 1 fully saturated rings. The maximum atomic E-state index is 4.09. The van der Waals surface area contributed by atoms with Gasteiger partial charge in [0.15, 0.2) is 0 Å². The van der Waals surface area contributed by atoms with Gasteiger partial charge < -0.3 is 5.32 Å². The lowest BCUT2D eigenvalue weighted by molar-refractivity contribution is 0.387. The molecule has 0 saturated heterocycles. The Balaban J connectivity index is 1.75. The average molecular weight is 219 g/mol. The molecule has 1 aliphatic rings. The lowest BCUT2D eigenvalue weighted by Crippen LogP contribution is -2.29. The monoisotopic (exact) mass is 219 g/mol. The van der Waals surface area contributed by atoms with Crippen molar-refractivity contribution in [2.24, 2.45) is 0 Å². The third-order valence-corrected chi connectivity index (χ3v) is 3.30. The Morgan fingerprint density at radius 3 is 2.56 bits per heavy atom. The lowest BCUT2D eigenvalue weighted by atomic mass is 9.97. The molecule has 3 heteroatoms. The molecule has 0 aliphatic heterocycles. The summed E-state index contributed by atoms with van der Waals surface area (Å²) in [5, 5.41) is 11.6. The van der Waals surface area contributed by atoms with Crippen molar-refractivity contribution in [1.29, 1.82) is 0 Å². The van der Waals surface area contributed by atoms with Crippen LogP contribution in [0.1, 0.15) is 50.6 Å². The molecule has 1 aromatic heterocycles. The fourth-order valence-corrected chi connectivity index (χ4v) is 2.34. The van der Waals surface area contributed by atoms with E-state index in [4.69, 9.17) is 0 Å². The molecule has 2 rings (SSSR count). The minimum Gasteiger partial charge on any atom is -0.308 e. The van der Waals surface area contributed by atoms with E-state index in [-0.39, 0.29) is 0 Å². The molecule has 0 bridgehead atoms. The van der Waals surface area contributed by atoms with E-state index in [0.29, 0.717) is 6.04 Å². The Morgan fingerprint density at radius 1 is 1.12 bits per heavy atom. The fraction of sp³-hybridized carbons (Fsp3) is 0.692. The normalized spacial score (nSPS) is 19.0. The van der Waals surface area contributed by atoms with E-state index in [9.17, 15) is 0 Å². The van der Waals surface area contributed by atoms with E-state index in [2.05, 4.69) is 15.5 Å². The zero-order valence-electron chi connectivity index (χ0n) is 9.86. The summed E-state index contributed by atoms with van der Waals surface area (Å²) in [5.41, 5.74) is 1.05. The molecule has 0 atom stereocenters. The van der Waals surface area contributed by atoms with Crippen LogP contribution < -0.4 is 5.32 Å². The van der Waals surface area contributed by atoms with Crippen molar-refractivity contribution >= 4 is 0 Å². The maximum absolute atomic E-state index is 4.09. The summed E-state index contributed by atoms with van der Waals surface area (Å²) in [5.74, 6) is 0. The summed E-state index contributed by atoms with van der Waals surface area (Å²) in [7, 11) is 0. The van der Waals surface area contributed by atoms with E-state index < -0.39 is 0 Å². The molecular weight excluding hydrogens is 198 g/mol. The van der Waals surface area contributed by atoms with Crippen molar-refractivity contribution in [1.82, 2.24) is 15.5 Å². The van der Waals surface area contributed by atoms with Crippen LogP contribution >= 0.6 is 0 Å². The Labute approximate surface area is 97.7 Å². The highest BCUT2D eigenvalue weighted by Gasteiger charge is 2.10. The Hall–Kier alpha value is -0.960. The van der Waals surface area contributed by atoms with Crippen LogP contribution in [0.15, 0.2) is 18.3 Å². The van der Waals surface area contributed by atoms with Gasteiger partial charge >= 0.3 is 0 Å². The van der Waals surface area contributed by atoms with E-state index in [1.165, 1.54) is 44.9 Å². The molecule has 1 heterocycles. The zero-order valence-corrected chi connectivity index (χ0v) is 9.86. The highest BCUT2D eigenvalue weighted by molar-refractivity contribution is 4.98. The Morgan fingerprint density at radius 2 is 1.88 bits per heavy atom. The number of rotatable bonds is 3. The second kappa shape index (κ2) is 6.59. The average Bonchev–Trinajstić information content (AvgIpc) is 2.29. The van der Waals surface area contributed by atoms with Gasteiger partial charge in [-0.05, 0) is 25.0 Å². The summed E-state index contributed by atoms with van der Waals surface area (Å²) in [4.78, 5) is 0. The Bertz CT molecular complexity index is 278. The minimum absolute atomic E-state index is 0.683. The van der Waals surface area contributed by atoms with Crippen molar-refractivity contribution < 1.29 is 0 Å². The van der Waals surface area contributed by atoms with Crippen molar-refractivity contribution in [2.45, 2.75) is 57.5 Å².